The van der Waals surface area contributed by atoms with E-state index in [9.17, 15) is 0 Å². The number of hydrogen-bond donors (Lipinski definition) is 3. The van der Waals surface area contributed by atoms with Crippen molar-refractivity contribution in [3.63, 3.8) is 0 Å². The van der Waals surface area contributed by atoms with Crippen molar-refractivity contribution in [3.05, 3.63) is 95.4 Å². The van der Waals surface area contributed by atoms with Gasteiger partial charge in [0.2, 0.25) is 0 Å². The highest BCUT2D eigenvalue weighted by Crippen LogP contribution is 2.38. The SMILES string of the molecule is c1ccc2c(c1)N[C@H](c1ccncc1)[NH+]1CCc3c([nH]c4ccccc34)[C@H]21. The first-order valence-electron chi connectivity index (χ1n) is 9.60. The molecule has 4 aromatic rings. The predicted molar refractivity (Wildman–Crippen MR) is 107 cm³/mol. The van der Waals surface area contributed by atoms with E-state index in [1.807, 2.05) is 12.4 Å². The zero-order valence-corrected chi connectivity index (χ0v) is 14.9. The van der Waals surface area contributed by atoms with Crippen LogP contribution in [0.4, 0.5) is 5.69 Å². The maximum atomic E-state index is 4.21. The van der Waals surface area contributed by atoms with Gasteiger partial charge in [0.25, 0.3) is 0 Å². The molecule has 4 heterocycles. The second kappa shape index (κ2) is 5.69. The van der Waals surface area contributed by atoms with Crippen LogP contribution in [0, 0.1) is 0 Å². The molecule has 27 heavy (non-hydrogen) atoms. The van der Waals surface area contributed by atoms with Gasteiger partial charge in [0.05, 0.1) is 12.2 Å². The molecule has 2 aliphatic rings. The van der Waals surface area contributed by atoms with E-state index in [0.29, 0.717) is 6.04 Å². The summed E-state index contributed by atoms with van der Waals surface area (Å²) < 4.78 is 0. The molecule has 0 aliphatic carbocycles. The Kier molecular flexibility index (Phi) is 3.16. The smallest absolute Gasteiger partial charge is 0.188 e. The third-order valence-corrected chi connectivity index (χ3v) is 6.15. The maximum absolute atomic E-state index is 4.21. The van der Waals surface area contributed by atoms with Crippen molar-refractivity contribution in [3.8, 4) is 0 Å². The minimum Gasteiger partial charge on any atom is -0.353 e. The van der Waals surface area contributed by atoms with Crippen LogP contribution in [0.3, 0.4) is 0 Å². The number of benzene rings is 2. The van der Waals surface area contributed by atoms with Crippen LogP contribution in [0.15, 0.2) is 73.1 Å². The van der Waals surface area contributed by atoms with Crippen molar-refractivity contribution in [2.75, 3.05) is 11.9 Å². The van der Waals surface area contributed by atoms with E-state index in [1.165, 1.54) is 39.0 Å². The van der Waals surface area contributed by atoms with Crippen molar-refractivity contribution in [1.82, 2.24) is 9.97 Å². The topological polar surface area (TPSA) is 45.2 Å². The Labute approximate surface area is 157 Å². The molecule has 132 valence electrons. The van der Waals surface area contributed by atoms with Crippen LogP contribution in [0.1, 0.15) is 34.6 Å². The van der Waals surface area contributed by atoms with Crippen LogP contribution in [-0.4, -0.2) is 16.5 Å². The third-order valence-electron chi connectivity index (χ3n) is 6.15. The van der Waals surface area contributed by atoms with E-state index in [-0.39, 0.29) is 6.17 Å². The molecule has 0 amide bonds. The van der Waals surface area contributed by atoms with E-state index in [4.69, 9.17) is 0 Å². The van der Waals surface area contributed by atoms with Crippen molar-refractivity contribution >= 4 is 16.6 Å². The lowest BCUT2D eigenvalue weighted by Crippen LogP contribution is -3.15. The van der Waals surface area contributed by atoms with E-state index < -0.39 is 0 Å². The van der Waals surface area contributed by atoms with Gasteiger partial charge in [-0.1, -0.05) is 36.4 Å². The minimum atomic E-state index is 0.229. The monoisotopic (exact) mass is 353 g/mol. The Balaban J connectivity index is 1.58. The molecule has 4 heteroatoms. The average Bonchev–Trinajstić information content (AvgIpc) is 3.12. The Morgan fingerprint density at radius 2 is 1.74 bits per heavy atom. The fourth-order valence-electron chi connectivity index (χ4n) is 4.98. The number of pyridine rings is 1. The average molecular weight is 353 g/mol. The summed E-state index contributed by atoms with van der Waals surface area (Å²) in [5.74, 6) is 0. The molecule has 2 aliphatic heterocycles. The lowest BCUT2D eigenvalue weighted by molar-refractivity contribution is -0.956. The summed E-state index contributed by atoms with van der Waals surface area (Å²) in [6.45, 7) is 1.10. The first kappa shape index (κ1) is 15.0. The number of anilines is 1. The molecule has 2 aromatic carbocycles. The molecule has 0 saturated heterocycles. The number of H-pyrrole nitrogens is 1. The molecule has 6 rings (SSSR count). The summed E-state index contributed by atoms with van der Waals surface area (Å²) in [7, 11) is 0. The van der Waals surface area contributed by atoms with Crippen LogP contribution >= 0.6 is 0 Å². The predicted octanol–water partition coefficient (Wildman–Crippen LogP) is 3.22. The molecular formula is C23H21N4+. The number of aromatic amines is 1. The first-order chi connectivity index (χ1) is 13.4. The van der Waals surface area contributed by atoms with Gasteiger partial charge in [0, 0.05) is 46.5 Å². The largest absolute Gasteiger partial charge is 0.353 e. The number of hydrogen-bond acceptors (Lipinski definition) is 2. The van der Waals surface area contributed by atoms with E-state index in [1.54, 1.807) is 4.90 Å². The van der Waals surface area contributed by atoms with Crippen molar-refractivity contribution in [1.29, 1.82) is 0 Å². The highest BCUT2D eigenvalue weighted by molar-refractivity contribution is 5.85. The molecule has 0 radical (unpaired) electrons. The Morgan fingerprint density at radius 1 is 0.926 bits per heavy atom. The summed E-state index contributed by atoms with van der Waals surface area (Å²) >= 11 is 0. The van der Waals surface area contributed by atoms with Gasteiger partial charge >= 0.3 is 0 Å². The van der Waals surface area contributed by atoms with Crippen LogP contribution in [0.5, 0.6) is 0 Å². The van der Waals surface area contributed by atoms with Gasteiger partial charge in [0.15, 0.2) is 12.2 Å². The summed E-state index contributed by atoms with van der Waals surface area (Å²) in [6, 6.07) is 22.1. The van der Waals surface area contributed by atoms with Crippen LogP contribution in [0.25, 0.3) is 10.9 Å². The molecule has 0 spiro atoms. The molecule has 0 fully saturated rings. The Bertz CT molecular complexity index is 1130. The fourth-order valence-corrected chi connectivity index (χ4v) is 4.98. The zero-order valence-electron chi connectivity index (χ0n) is 14.9. The van der Waals surface area contributed by atoms with Crippen molar-refractivity contribution in [2.24, 2.45) is 0 Å². The molecular weight excluding hydrogens is 332 g/mol. The van der Waals surface area contributed by atoms with Gasteiger partial charge in [-0.2, -0.15) is 0 Å². The summed E-state index contributed by atoms with van der Waals surface area (Å²) in [5, 5.41) is 5.18. The minimum absolute atomic E-state index is 0.229. The van der Waals surface area contributed by atoms with Gasteiger partial charge in [-0.3, -0.25) is 4.98 Å². The van der Waals surface area contributed by atoms with Gasteiger partial charge in [-0.25, -0.2) is 0 Å². The number of rotatable bonds is 1. The highest BCUT2D eigenvalue weighted by atomic mass is 15.3. The molecule has 2 aromatic heterocycles. The van der Waals surface area contributed by atoms with Gasteiger partial charge in [-0.15, -0.1) is 0 Å². The second-order valence-corrected chi connectivity index (χ2v) is 7.52. The summed E-state index contributed by atoms with van der Waals surface area (Å²) in [5.41, 5.74) is 8.03. The van der Waals surface area contributed by atoms with E-state index in [0.717, 1.165) is 13.0 Å². The standard InChI is InChI=1S/C23H20N4/c1-3-7-19-16(5-1)17-11-14-27-22(21(17)25-19)18-6-2-4-8-20(18)26-23(27)15-9-12-24-13-10-15/h1-10,12-13,22-23,25-26H,11,14H2/p+1/t22-,23-/m0/s1. The molecule has 3 N–H and O–H groups in total. The zero-order chi connectivity index (χ0) is 17.8. The second-order valence-electron chi connectivity index (χ2n) is 7.52. The Morgan fingerprint density at radius 3 is 2.67 bits per heavy atom. The quantitative estimate of drug-likeness (QED) is 0.492. The summed E-state index contributed by atoms with van der Waals surface area (Å²) in [4.78, 5) is 9.53. The number of para-hydroxylation sites is 2. The molecule has 1 unspecified atom stereocenters. The molecule has 4 nitrogen and oxygen atoms in total. The normalized spacial score (nSPS) is 23.2. The number of fused-ring (bicyclic) bond motifs is 7. The van der Waals surface area contributed by atoms with Gasteiger partial charge in [-0.05, 0) is 29.8 Å². The van der Waals surface area contributed by atoms with Crippen LogP contribution < -0.4 is 10.2 Å². The number of aromatic nitrogens is 2. The number of nitrogens with one attached hydrogen (secondary N) is 3. The van der Waals surface area contributed by atoms with E-state index in [2.05, 4.69) is 75.9 Å². The van der Waals surface area contributed by atoms with Crippen molar-refractivity contribution in [2.45, 2.75) is 18.6 Å². The molecule has 3 atom stereocenters. The number of quaternary nitrogens is 1. The maximum Gasteiger partial charge on any atom is 0.188 e. The van der Waals surface area contributed by atoms with Crippen LogP contribution in [0.2, 0.25) is 0 Å². The Hall–Kier alpha value is -3.11. The summed E-state index contributed by atoms with van der Waals surface area (Å²) in [6.07, 6.45) is 5.11. The molecule has 0 bridgehead atoms. The van der Waals surface area contributed by atoms with E-state index >= 15 is 0 Å². The van der Waals surface area contributed by atoms with Crippen LogP contribution in [-0.2, 0) is 6.42 Å². The first-order valence-corrected chi connectivity index (χ1v) is 9.60. The number of nitrogens with zero attached hydrogens (tertiary/aromatic N) is 1. The molecule has 0 saturated carbocycles. The van der Waals surface area contributed by atoms with Crippen molar-refractivity contribution < 1.29 is 4.90 Å². The highest BCUT2D eigenvalue weighted by Gasteiger charge is 2.44. The van der Waals surface area contributed by atoms with Gasteiger partial charge < -0.3 is 15.2 Å². The third kappa shape index (κ3) is 2.17. The van der Waals surface area contributed by atoms with Gasteiger partial charge in [0.1, 0.15) is 0 Å². The fraction of sp³-hybridized carbons (Fsp3) is 0.174. The lowest BCUT2D eigenvalue weighted by atomic mass is 9.88. The lowest BCUT2D eigenvalue weighted by Gasteiger charge is -2.43.